The van der Waals surface area contributed by atoms with E-state index in [1.807, 2.05) is 24.3 Å². The third-order valence-corrected chi connectivity index (χ3v) is 9.75. The molecular weight excluding hydrogens is 604 g/mol. The summed E-state index contributed by atoms with van der Waals surface area (Å²) in [6.45, 7) is 4.25. The van der Waals surface area contributed by atoms with Crippen LogP contribution in [0.3, 0.4) is 0 Å². The number of aromatic nitrogens is 4. The Bertz CT molecular complexity index is 1810. The molecule has 7 N–H and O–H groups in total. The molecule has 2 aliphatic carbocycles. The van der Waals surface area contributed by atoms with Crippen LogP contribution in [-0.4, -0.2) is 49.7 Å². The van der Waals surface area contributed by atoms with E-state index in [1.54, 1.807) is 38.6 Å². The van der Waals surface area contributed by atoms with Crippen LogP contribution < -0.4 is 21.7 Å². The van der Waals surface area contributed by atoms with Gasteiger partial charge in [0.05, 0.1) is 19.1 Å². The number of benzene rings is 1. The minimum Gasteiger partial charge on any atom is -0.357 e. The Morgan fingerprint density at radius 1 is 0.854 bits per heavy atom. The Morgan fingerprint density at radius 3 is 1.98 bits per heavy atom. The smallest absolute Gasteiger partial charge is 0.242 e. The predicted octanol–water partition coefficient (Wildman–Crippen LogP) is 4.36. The lowest BCUT2D eigenvalue weighted by Gasteiger charge is -2.24. The summed E-state index contributed by atoms with van der Waals surface area (Å²) in [5.41, 5.74) is 11.0. The molecular formula is C37H44N8O3. The van der Waals surface area contributed by atoms with E-state index < -0.39 is 12.1 Å². The second-order valence-electron chi connectivity index (χ2n) is 13.2. The van der Waals surface area contributed by atoms with E-state index in [9.17, 15) is 14.4 Å². The van der Waals surface area contributed by atoms with Crippen LogP contribution >= 0.6 is 0 Å². The van der Waals surface area contributed by atoms with E-state index in [0.717, 1.165) is 52.5 Å². The first-order valence-corrected chi connectivity index (χ1v) is 16.7. The molecule has 0 spiro atoms. The SMILES string of the molecule is C[C@H](N)C(=O)NCc1cc2cnccc2[nH]1.C[C@H](NC(=O)[C@@H]1CC[C@@H](C2(c3ccccc3)CC2)C1)C(=O)NCc1cc2cnccc2[nH]1. The Hall–Kier alpha value is -5.03. The molecule has 2 fully saturated rings. The third kappa shape index (κ3) is 7.57. The average Bonchev–Trinajstić information content (AvgIpc) is 3.41. The molecule has 1 aromatic carbocycles. The lowest BCUT2D eigenvalue weighted by molar-refractivity contribution is -0.130. The normalized spacial score (nSPS) is 19.1. The fourth-order valence-electron chi connectivity index (χ4n) is 6.89. The lowest BCUT2D eigenvalue weighted by atomic mass is 9.81. The zero-order valence-corrected chi connectivity index (χ0v) is 27.5. The number of nitrogens with one attached hydrogen (secondary N) is 5. The van der Waals surface area contributed by atoms with Gasteiger partial charge in [-0.25, -0.2) is 0 Å². The number of H-pyrrole nitrogens is 2. The molecule has 11 heteroatoms. The second-order valence-corrected chi connectivity index (χ2v) is 13.2. The van der Waals surface area contributed by atoms with Crippen molar-refractivity contribution < 1.29 is 14.4 Å². The number of amides is 3. The highest BCUT2D eigenvalue weighted by atomic mass is 16.2. The number of rotatable bonds is 10. The van der Waals surface area contributed by atoms with Gasteiger partial charge >= 0.3 is 0 Å². The first-order chi connectivity index (χ1) is 23.2. The maximum atomic E-state index is 12.9. The molecule has 11 nitrogen and oxygen atoms in total. The van der Waals surface area contributed by atoms with E-state index in [1.165, 1.54) is 18.4 Å². The van der Waals surface area contributed by atoms with E-state index in [0.29, 0.717) is 19.0 Å². The summed E-state index contributed by atoms with van der Waals surface area (Å²) in [6, 6.07) is 17.5. The van der Waals surface area contributed by atoms with E-state index in [4.69, 9.17) is 5.73 Å². The summed E-state index contributed by atoms with van der Waals surface area (Å²) >= 11 is 0. The van der Waals surface area contributed by atoms with E-state index in [-0.39, 0.29) is 29.1 Å². The van der Waals surface area contributed by atoms with Gasteiger partial charge in [-0.1, -0.05) is 30.3 Å². The van der Waals surface area contributed by atoms with Crippen molar-refractivity contribution in [3.05, 3.63) is 96.3 Å². The van der Waals surface area contributed by atoms with Gasteiger partial charge in [-0.2, -0.15) is 0 Å². The molecule has 4 heterocycles. The van der Waals surface area contributed by atoms with Gasteiger partial charge in [0, 0.05) is 63.9 Å². The van der Waals surface area contributed by atoms with Crippen LogP contribution in [-0.2, 0) is 32.9 Å². The average molecular weight is 649 g/mol. The minimum absolute atomic E-state index is 0.00218. The largest absolute Gasteiger partial charge is 0.357 e. The third-order valence-electron chi connectivity index (χ3n) is 9.75. The van der Waals surface area contributed by atoms with Crippen LogP contribution in [0.25, 0.3) is 21.8 Å². The van der Waals surface area contributed by atoms with E-state index >= 15 is 0 Å². The van der Waals surface area contributed by atoms with Crippen LogP contribution in [0.1, 0.15) is 62.9 Å². The standard InChI is InChI=1S/C26H30N4O2.C11H14N4O/c1-17(24(31)28-16-22-14-19-15-27-12-9-23(19)30-22)29-25(32)18-7-8-21(13-18)26(10-11-26)20-5-3-2-4-6-20;1-7(12)11(16)14-6-9-4-8-5-13-3-2-10(8)15-9/h2-6,9,12,14-15,17-18,21,30H,7-8,10-11,13,16H2,1H3,(H,28,31)(H,29,32);2-5,7,15H,6,12H2,1H3,(H,14,16)/t17-,18+,21+;7-/m00/s1. The molecule has 5 aromatic rings. The summed E-state index contributed by atoms with van der Waals surface area (Å²) < 4.78 is 0. The van der Waals surface area contributed by atoms with Crippen LogP contribution in [0.5, 0.6) is 0 Å². The van der Waals surface area contributed by atoms with Crippen molar-refractivity contribution in [1.82, 2.24) is 35.9 Å². The summed E-state index contributed by atoms with van der Waals surface area (Å²) in [6.07, 6.45) is 12.4. The number of carbonyl (C=O) groups is 3. The van der Waals surface area contributed by atoms with Gasteiger partial charge in [0.15, 0.2) is 0 Å². The van der Waals surface area contributed by atoms with Crippen molar-refractivity contribution in [3.63, 3.8) is 0 Å². The topological polar surface area (TPSA) is 171 Å². The number of nitrogens with two attached hydrogens (primary N) is 1. The summed E-state index contributed by atoms with van der Waals surface area (Å²) in [5.74, 6) is 0.235. The number of fused-ring (bicyclic) bond motifs is 2. The van der Waals surface area contributed by atoms with Crippen LogP contribution in [0.15, 0.2) is 79.4 Å². The predicted molar refractivity (Wildman–Crippen MR) is 185 cm³/mol. The maximum absolute atomic E-state index is 12.9. The highest BCUT2D eigenvalue weighted by Crippen LogP contribution is 2.59. The molecule has 0 bridgehead atoms. The quantitative estimate of drug-likeness (QED) is 0.131. The Morgan fingerprint density at radius 2 is 1.44 bits per heavy atom. The monoisotopic (exact) mass is 648 g/mol. The second kappa shape index (κ2) is 14.4. The summed E-state index contributed by atoms with van der Waals surface area (Å²) in [5, 5.41) is 10.7. The maximum Gasteiger partial charge on any atom is 0.242 e. The van der Waals surface area contributed by atoms with Gasteiger partial charge in [0.25, 0.3) is 0 Å². The molecule has 250 valence electrons. The summed E-state index contributed by atoms with van der Waals surface area (Å²) in [7, 11) is 0. The Balaban J connectivity index is 0.000000211. The van der Waals surface area contributed by atoms with Crippen molar-refractivity contribution in [2.24, 2.45) is 17.6 Å². The van der Waals surface area contributed by atoms with Crippen LogP contribution in [0.4, 0.5) is 0 Å². The molecule has 2 saturated carbocycles. The highest BCUT2D eigenvalue weighted by Gasteiger charge is 2.53. The zero-order valence-electron chi connectivity index (χ0n) is 27.5. The molecule has 0 unspecified atom stereocenters. The number of carbonyl (C=O) groups excluding carboxylic acids is 3. The number of pyridine rings is 2. The molecule has 4 aromatic heterocycles. The highest BCUT2D eigenvalue weighted by molar-refractivity contribution is 5.88. The molecule has 2 aliphatic rings. The van der Waals surface area contributed by atoms with Crippen molar-refractivity contribution in [2.45, 2.75) is 76.5 Å². The first kappa shape index (κ1) is 32.9. The molecule has 3 amide bonds. The molecule has 0 radical (unpaired) electrons. The Labute approximate surface area is 279 Å². The van der Waals surface area contributed by atoms with Gasteiger partial charge < -0.3 is 31.7 Å². The fourth-order valence-corrected chi connectivity index (χ4v) is 6.89. The van der Waals surface area contributed by atoms with Gasteiger partial charge in [0.1, 0.15) is 6.04 Å². The van der Waals surface area contributed by atoms with Gasteiger partial charge in [-0.15, -0.1) is 0 Å². The zero-order chi connectivity index (χ0) is 33.7. The summed E-state index contributed by atoms with van der Waals surface area (Å²) in [4.78, 5) is 51.3. The van der Waals surface area contributed by atoms with Crippen molar-refractivity contribution in [2.75, 3.05) is 0 Å². The van der Waals surface area contributed by atoms with Gasteiger partial charge in [-0.05, 0) is 87.1 Å². The molecule has 4 atom stereocenters. The van der Waals surface area contributed by atoms with Gasteiger partial charge in [0.2, 0.25) is 17.7 Å². The van der Waals surface area contributed by atoms with Crippen molar-refractivity contribution >= 4 is 39.5 Å². The number of nitrogens with zero attached hydrogens (tertiary/aromatic N) is 2. The number of hydrogen-bond acceptors (Lipinski definition) is 6. The van der Waals surface area contributed by atoms with Gasteiger partial charge in [-0.3, -0.25) is 24.4 Å². The van der Waals surface area contributed by atoms with Crippen molar-refractivity contribution in [3.8, 4) is 0 Å². The fraction of sp³-hybridized carbons (Fsp3) is 0.378. The van der Waals surface area contributed by atoms with Crippen LogP contribution in [0.2, 0.25) is 0 Å². The van der Waals surface area contributed by atoms with Crippen molar-refractivity contribution in [1.29, 1.82) is 0 Å². The van der Waals surface area contributed by atoms with Crippen LogP contribution in [0, 0.1) is 11.8 Å². The molecule has 7 rings (SSSR count). The lowest BCUT2D eigenvalue weighted by Crippen LogP contribution is -2.46. The minimum atomic E-state index is -0.559. The number of hydrogen-bond donors (Lipinski definition) is 6. The molecule has 0 saturated heterocycles. The van der Waals surface area contributed by atoms with E-state index in [2.05, 4.69) is 66.2 Å². The first-order valence-electron chi connectivity index (χ1n) is 16.7. The molecule has 0 aliphatic heterocycles. The Kier molecular flexibility index (Phi) is 9.86. The number of aromatic amines is 2. The molecule has 48 heavy (non-hydrogen) atoms.